The molecule has 2 saturated heterocycles. The molecule has 0 aliphatic carbocycles. The monoisotopic (exact) mass is 358 g/mol. The van der Waals surface area contributed by atoms with Crippen molar-refractivity contribution in [1.29, 1.82) is 0 Å². The third kappa shape index (κ3) is 3.73. The van der Waals surface area contributed by atoms with Crippen molar-refractivity contribution in [2.75, 3.05) is 31.9 Å². The molecule has 6 heteroatoms. The Morgan fingerprint density at radius 3 is 2.64 bits per heavy atom. The van der Waals surface area contributed by atoms with Crippen molar-refractivity contribution in [3.63, 3.8) is 0 Å². The van der Waals surface area contributed by atoms with Gasteiger partial charge in [-0.15, -0.1) is 11.8 Å². The number of carbonyl (C=O) groups excluding carboxylic acids is 1. The van der Waals surface area contributed by atoms with Gasteiger partial charge in [-0.05, 0) is 38.1 Å². The summed E-state index contributed by atoms with van der Waals surface area (Å²) in [6, 6.07) is 5.54. The molecule has 0 radical (unpaired) electrons. The highest BCUT2D eigenvalue weighted by Crippen LogP contribution is 2.41. The molecule has 2 fully saturated rings. The van der Waals surface area contributed by atoms with Crippen LogP contribution in [0.2, 0.25) is 10.0 Å². The van der Waals surface area contributed by atoms with Gasteiger partial charge in [0.1, 0.15) is 5.37 Å². The molecule has 0 aromatic heterocycles. The SMILES string of the molecule is O=C1CSC(c2ccc(Cl)cc2Cl)N1CCN1CCCCC1. The second kappa shape index (κ2) is 7.43. The molecule has 3 nitrogen and oxygen atoms in total. The maximum atomic E-state index is 12.2. The van der Waals surface area contributed by atoms with Gasteiger partial charge in [-0.25, -0.2) is 0 Å². The van der Waals surface area contributed by atoms with E-state index in [9.17, 15) is 4.79 Å². The zero-order valence-electron chi connectivity index (χ0n) is 12.4. The standard InChI is InChI=1S/C16H20Cl2N2OS/c17-12-4-5-13(14(18)10-12)16-20(15(21)11-22-16)9-8-19-6-2-1-3-7-19/h4-5,10,16H,1-3,6-9,11H2. The summed E-state index contributed by atoms with van der Waals surface area (Å²) in [6.07, 6.45) is 3.88. The lowest BCUT2D eigenvalue weighted by atomic mass is 10.1. The molecule has 3 rings (SSSR count). The van der Waals surface area contributed by atoms with Crippen LogP contribution in [0.4, 0.5) is 0 Å². The normalized spacial score (nSPS) is 23.3. The van der Waals surface area contributed by atoms with Crippen molar-refractivity contribution >= 4 is 40.9 Å². The summed E-state index contributed by atoms with van der Waals surface area (Å²) in [4.78, 5) is 16.7. The maximum Gasteiger partial charge on any atom is 0.233 e. The van der Waals surface area contributed by atoms with Gasteiger partial charge in [-0.3, -0.25) is 4.79 Å². The molecule has 2 aliphatic heterocycles. The fourth-order valence-electron chi connectivity index (χ4n) is 3.09. The van der Waals surface area contributed by atoms with Crippen LogP contribution in [0.1, 0.15) is 30.2 Å². The lowest BCUT2D eigenvalue weighted by Gasteiger charge is -2.31. The second-order valence-corrected chi connectivity index (χ2v) is 7.73. The van der Waals surface area contributed by atoms with E-state index in [2.05, 4.69) is 4.90 Å². The molecule has 1 atom stereocenters. The highest BCUT2D eigenvalue weighted by atomic mass is 35.5. The first-order valence-electron chi connectivity index (χ1n) is 7.73. The fraction of sp³-hybridized carbons (Fsp3) is 0.562. The summed E-state index contributed by atoms with van der Waals surface area (Å²) in [7, 11) is 0. The lowest BCUT2D eigenvalue weighted by molar-refractivity contribution is -0.128. The van der Waals surface area contributed by atoms with E-state index >= 15 is 0 Å². The fourth-order valence-corrected chi connectivity index (χ4v) is 4.92. The van der Waals surface area contributed by atoms with Gasteiger partial charge in [-0.2, -0.15) is 0 Å². The first kappa shape index (κ1) is 16.4. The molecule has 2 heterocycles. The van der Waals surface area contributed by atoms with Crippen LogP contribution in [0, 0.1) is 0 Å². The van der Waals surface area contributed by atoms with E-state index in [0.717, 1.165) is 31.7 Å². The van der Waals surface area contributed by atoms with Crippen LogP contribution < -0.4 is 0 Å². The number of hydrogen-bond acceptors (Lipinski definition) is 3. The first-order chi connectivity index (χ1) is 10.6. The minimum absolute atomic E-state index is 0.0158. The van der Waals surface area contributed by atoms with E-state index in [1.54, 1.807) is 17.8 Å². The summed E-state index contributed by atoms with van der Waals surface area (Å²) in [5, 5.41) is 1.28. The number of hydrogen-bond donors (Lipinski definition) is 0. The van der Waals surface area contributed by atoms with Gasteiger partial charge in [-0.1, -0.05) is 35.7 Å². The predicted molar refractivity (Wildman–Crippen MR) is 93.7 cm³/mol. The van der Waals surface area contributed by atoms with Crippen molar-refractivity contribution in [3.05, 3.63) is 33.8 Å². The van der Waals surface area contributed by atoms with Crippen molar-refractivity contribution in [2.24, 2.45) is 0 Å². The molecule has 0 bridgehead atoms. The molecule has 1 aromatic rings. The van der Waals surface area contributed by atoms with E-state index in [-0.39, 0.29) is 11.3 Å². The van der Waals surface area contributed by atoms with Crippen LogP contribution in [0.25, 0.3) is 0 Å². The summed E-state index contributed by atoms with van der Waals surface area (Å²) < 4.78 is 0. The van der Waals surface area contributed by atoms with Gasteiger partial charge in [0.15, 0.2) is 0 Å². The third-order valence-electron chi connectivity index (χ3n) is 4.30. The molecule has 1 aromatic carbocycles. The van der Waals surface area contributed by atoms with Crippen LogP contribution in [-0.4, -0.2) is 47.6 Å². The molecule has 2 aliphatic rings. The number of amides is 1. The van der Waals surface area contributed by atoms with Gasteiger partial charge >= 0.3 is 0 Å². The van der Waals surface area contributed by atoms with Gasteiger partial charge in [0.25, 0.3) is 0 Å². The number of halogens is 2. The largest absolute Gasteiger partial charge is 0.324 e. The summed E-state index contributed by atoms with van der Waals surface area (Å²) in [5.74, 6) is 0.738. The molecule has 1 amide bonds. The average Bonchev–Trinajstić information content (AvgIpc) is 2.87. The Kier molecular flexibility index (Phi) is 5.55. The predicted octanol–water partition coefficient (Wildman–Crippen LogP) is 4.05. The van der Waals surface area contributed by atoms with E-state index in [0.29, 0.717) is 15.8 Å². The molecule has 22 heavy (non-hydrogen) atoms. The molecule has 120 valence electrons. The Morgan fingerprint density at radius 1 is 1.14 bits per heavy atom. The van der Waals surface area contributed by atoms with Gasteiger partial charge < -0.3 is 9.80 Å². The van der Waals surface area contributed by atoms with Gasteiger partial charge in [0, 0.05) is 28.7 Å². The number of benzene rings is 1. The number of carbonyl (C=O) groups is 1. The van der Waals surface area contributed by atoms with Gasteiger partial charge in [0.2, 0.25) is 5.91 Å². The van der Waals surface area contributed by atoms with E-state index in [1.165, 1.54) is 19.3 Å². The zero-order chi connectivity index (χ0) is 15.5. The van der Waals surface area contributed by atoms with E-state index < -0.39 is 0 Å². The van der Waals surface area contributed by atoms with Crippen LogP contribution in [0.15, 0.2) is 18.2 Å². The highest BCUT2D eigenvalue weighted by molar-refractivity contribution is 8.00. The van der Waals surface area contributed by atoms with Crippen LogP contribution >= 0.6 is 35.0 Å². The van der Waals surface area contributed by atoms with E-state index in [1.807, 2.05) is 17.0 Å². The molecule has 0 spiro atoms. The molecule has 1 unspecified atom stereocenters. The molecular formula is C16H20Cl2N2OS. The van der Waals surface area contributed by atoms with Crippen molar-refractivity contribution in [2.45, 2.75) is 24.6 Å². The smallest absolute Gasteiger partial charge is 0.233 e. The minimum atomic E-state index is 0.0158. The Bertz CT molecular complexity index is 549. The Labute approximate surface area is 145 Å². The topological polar surface area (TPSA) is 23.6 Å². The summed E-state index contributed by atoms with van der Waals surface area (Å²) in [6.45, 7) is 4.03. The first-order valence-corrected chi connectivity index (χ1v) is 9.54. The Balaban J connectivity index is 1.68. The van der Waals surface area contributed by atoms with E-state index in [4.69, 9.17) is 23.2 Å². The second-order valence-electron chi connectivity index (χ2n) is 5.82. The number of piperidine rings is 1. The van der Waals surface area contributed by atoms with Crippen molar-refractivity contribution < 1.29 is 4.79 Å². The number of rotatable bonds is 4. The lowest BCUT2D eigenvalue weighted by Crippen LogP contribution is -2.39. The van der Waals surface area contributed by atoms with Gasteiger partial charge in [0.05, 0.1) is 5.75 Å². The Morgan fingerprint density at radius 2 is 1.91 bits per heavy atom. The summed E-state index contributed by atoms with van der Waals surface area (Å²) in [5.41, 5.74) is 0.987. The van der Waals surface area contributed by atoms with Crippen LogP contribution in [0.3, 0.4) is 0 Å². The third-order valence-corrected chi connectivity index (χ3v) is 6.10. The maximum absolute atomic E-state index is 12.2. The molecular weight excluding hydrogens is 339 g/mol. The number of thioether (sulfide) groups is 1. The number of nitrogens with zero attached hydrogens (tertiary/aromatic N) is 2. The molecule has 0 saturated carbocycles. The minimum Gasteiger partial charge on any atom is -0.324 e. The Hall–Kier alpha value is -0.420. The van der Waals surface area contributed by atoms with Crippen LogP contribution in [-0.2, 0) is 4.79 Å². The van der Waals surface area contributed by atoms with Crippen molar-refractivity contribution in [3.8, 4) is 0 Å². The summed E-state index contributed by atoms with van der Waals surface area (Å²) >= 11 is 13.9. The highest BCUT2D eigenvalue weighted by Gasteiger charge is 2.34. The zero-order valence-corrected chi connectivity index (χ0v) is 14.8. The van der Waals surface area contributed by atoms with Crippen molar-refractivity contribution in [1.82, 2.24) is 9.80 Å². The average molecular weight is 359 g/mol. The number of likely N-dealkylation sites (tertiary alicyclic amines) is 1. The van der Waals surface area contributed by atoms with Crippen LogP contribution in [0.5, 0.6) is 0 Å². The quantitative estimate of drug-likeness (QED) is 0.810. The molecule has 0 N–H and O–H groups in total.